The predicted molar refractivity (Wildman–Crippen MR) is 94.6 cm³/mol. The number of H-pyrrole nitrogens is 1. The van der Waals surface area contributed by atoms with E-state index in [2.05, 4.69) is 15.5 Å². The van der Waals surface area contributed by atoms with Gasteiger partial charge in [0.1, 0.15) is 11.4 Å². The topological polar surface area (TPSA) is 78.0 Å². The maximum Gasteiger partial charge on any atom is 0.273 e. The molecule has 0 saturated carbocycles. The number of aromatic hydroxyl groups is 1. The van der Waals surface area contributed by atoms with Crippen LogP contribution in [0.25, 0.3) is 11.3 Å². The molecule has 0 spiro atoms. The number of halogens is 1. The van der Waals surface area contributed by atoms with Gasteiger partial charge in [-0.25, -0.2) is 0 Å². The van der Waals surface area contributed by atoms with Crippen LogP contribution < -0.4 is 5.32 Å². The molecule has 6 heteroatoms. The molecule has 0 aliphatic rings. The van der Waals surface area contributed by atoms with Gasteiger partial charge in [0.2, 0.25) is 0 Å². The lowest BCUT2D eigenvalue weighted by Gasteiger charge is -2.07. The fourth-order valence-corrected chi connectivity index (χ4v) is 2.61. The summed E-state index contributed by atoms with van der Waals surface area (Å²) in [5, 5.41) is 20.0. The molecule has 3 N–H and O–H groups in total. The summed E-state index contributed by atoms with van der Waals surface area (Å²) in [6.45, 7) is 3.93. The quantitative estimate of drug-likeness (QED) is 0.664. The van der Waals surface area contributed by atoms with Gasteiger partial charge in [-0.05, 0) is 49.7 Å². The Morgan fingerprint density at radius 1 is 1.17 bits per heavy atom. The first-order valence-electron chi connectivity index (χ1n) is 7.37. The molecular formula is C18H16ClN3O2. The Morgan fingerprint density at radius 3 is 2.71 bits per heavy atom. The molecule has 1 heterocycles. The van der Waals surface area contributed by atoms with E-state index >= 15 is 0 Å². The van der Waals surface area contributed by atoms with Crippen LogP contribution in [0.1, 0.15) is 21.6 Å². The van der Waals surface area contributed by atoms with Crippen molar-refractivity contribution >= 4 is 23.2 Å². The number of carbonyl (C=O) groups excluding carboxylic acids is 1. The largest absolute Gasteiger partial charge is 0.507 e. The van der Waals surface area contributed by atoms with Crippen molar-refractivity contribution in [1.82, 2.24) is 10.2 Å². The number of phenolic OH excluding ortho intramolecular Hbond substituents is 1. The zero-order valence-corrected chi connectivity index (χ0v) is 14.0. The van der Waals surface area contributed by atoms with Gasteiger partial charge in [0.05, 0.1) is 5.69 Å². The van der Waals surface area contributed by atoms with E-state index in [4.69, 9.17) is 11.6 Å². The number of aromatic amines is 1. The van der Waals surface area contributed by atoms with Crippen LogP contribution in [0, 0.1) is 13.8 Å². The first-order valence-corrected chi connectivity index (χ1v) is 7.75. The number of aromatic nitrogens is 2. The van der Waals surface area contributed by atoms with Gasteiger partial charge in [-0.2, -0.15) is 5.10 Å². The summed E-state index contributed by atoms with van der Waals surface area (Å²) in [5.41, 5.74) is 4.06. The van der Waals surface area contributed by atoms with Crippen molar-refractivity contribution in [2.45, 2.75) is 13.8 Å². The first-order chi connectivity index (χ1) is 11.4. The summed E-state index contributed by atoms with van der Waals surface area (Å²) in [4.78, 5) is 12.4. The minimum absolute atomic E-state index is 0.0484. The number of carbonyl (C=O) groups is 1. The van der Waals surface area contributed by atoms with Crippen LogP contribution in [0.2, 0.25) is 5.02 Å². The van der Waals surface area contributed by atoms with Crippen molar-refractivity contribution in [3.8, 4) is 17.0 Å². The van der Waals surface area contributed by atoms with Gasteiger partial charge in [0.25, 0.3) is 5.91 Å². The number of hydrogen-bond acceptors (Lipinski definition) is 3. The second kappa shape index (κ2) is 6.37. The van der Waals surface area contributed by atoms with Gasteiger partial charge in [-0.15, -0.1) is 0 Å². The van der Waals surface area contributed by atoms with E-state index in [1.54, 1.807) is 18.2 Å². The summed E-state index contributed by atoms with van der Waals surface area (Å²) >= 11 is 5.95. The molecule has 1 aromatic heterocycles. The van der Waals surface area contributed by atoms with Crippen LogP contribution in [0.5, 0.6) is 5.75 Å². The molecule has 2 aromatic carbocycles. The molecule has 122 valence electrons. The summed E-state index contributed by atoms with van der Waals surface area (Å²) in [6, 6.07) is 12.0. The van der Waals surface area contributed by atoms with Crippen LogP contribution in [0.4, 0.5) is 5.69 Å². The highest BCUT2D eigenvalue weighted by Gasteiger charge is 2.14. The molecule has 0 atom stereocenters. The molecule has 0 unspecified atom stereocenters. The van der Waals surface area contributed by atoms with E-state index in [0.717, 1.165) is 16.8 Å². The molecule has 0 saturated heterocycles. The van der Waals surface area contributed by atoms with Crippen LogP contribution in [0.3, 0.4) is 0 Å². The lowest BCUT2D eigenvalue weighted by atomic mass is 10.1. The second-order valence-electron chi connectivity index (χ2n) is 5.60. The van der Waals surface area contributed by atoms with Gasteiger partial charge >= 0.3 is 0 Å². The number of aryl methyl sites for hydroxylation is 2. The Morgan fingerprint density at radius 2 is 1.96 bits per heavy atom. The minimum Gasteiger partial charge on any atom is -0.507 e. The van der Waals surface area contributed by atoms with E-state index in [1.807, 2.05) is 32.0 Å². The molecule has 3 aromatic rings. The van der Waals surface area contributed by atoms with Crippen molar-refractivity contribution in [3.63, 3.8) is 0 Å². The van der Waals surface area contributed by atoms with Crippen LogP contribution in [-0.2, 0) is 0 Å². The normalized spacial score (nSPS) is 10.6. The van der Waals surface area contributed by atoms with Crippen molar-refractivity contribution < 1.29 is 9.90 Å². The van der Waals surface area contributed by atoms with E-state index in [0.29, 0.717) is 22.0 Å². The van der Waals surface area contributed by atoms with Crippen molar-refractivity contribution in [2.24, 2.45) is 0 Å². The van der Waals surface area contributed by atoms with E-state index in [9.17, 15) is 9.90 Å². The molecule has 24 heavy (non-hydrogen) atoms. The molecule has 0 aliphatic carbocycles. The fraction of sp³-hybridized carbons (Fsp3) is 0.111. The third kappa shape index (κ3) is 3.26. The summed E-state index contributed by atoms with van der Waals surface area (Å²) < 4.78 is 0. The highest BCUT2D eigenvalue weighted by Crippen LogP contribution is 2.30. The molecule has 0 radical (unpaired) electrons. The Bertz CT molecular complexity index is 918. The van der Waals surface area contributed by atoms with Gasteiger partial charge in [-0.1, -0.05) is 29.3 Å². The average molecular weight is 342 g/mol. The maximum atomic E-state index is 12.4. The standard InChI is InChI=1S/C18H16ClN3O2/c1-10-3-5-14(11(2)7-10)20-18(24)16-9-15(21-22-16)13-8-12(19)4-6-17(13)23/h3-9,23H,1-2H3,(H,20,24)(H,21,22). The first kappa shape index (κ1) is 16.1. The molecule has 1 amide bonds. The number of nitrogens with zero attached hydrogens (tertiary/aromatic N) is 1. The van der Waals surface area contributed by atoms with Gasteiger partial charge in [-0.3, -0.25) is 9.89 Å². The highest BCUT2D eigenvalue weighted by atomic mass is 35.5. The summed E-state index contributed by atoms with van der Waals surface area (Å²) in [7, 11) is 0. The van der Waals surface area contributed by atoms with E-state index in [-0.39, 0.29) is 11.7 Å². The fourth-order valence-electron chi connectivity index (χ4n) is 2.43. The number of anilines is 1. The molecular weight excluding hydrogens is 326 g/mol. The molecule has 0 fully saturated rings. The zero-order valence-electron chi connectivity index (χ0n) is 13.2. The molecule has 5 nitrogen and oxygen atoms in total. The third-order valence-corrected chi connectivity index (χ3v) is 3.92. The number of phenols is 1. The Kier molecular flexibility index (Phi) is 4.27. The number of nitrogens with one attached hydrogen (secondary N) is 2. The number of amides is 1. The second-order valence-corrected chi connectivity index (χ2v) is 6.04. The predicted octanol–water partition coefficient (Wildman–Crippen LogP) is 4.30. The van der Waals surface area contributed by atoms with E-state index in [1.165, 1.54) is 6.07 Å². The van der Waals surface area contributed by atoms with Crippen molar-refractivity contribution in [1.29, 1.82) is 0 Å². The Hall–Kier alpha value is -2.79. The van der Waals surface area contributed by atoms with Crippen molar-refractivity contribution in [3.05, 3.63) is 64.3 Å². The smallest absolute Gasteiger partial charge is 0.273 e. The van der Waals surface area contributed by atoms with Crippen LogP contribution in [0.15, 0.2) is 42.5 Å². The molecule has 3 rings (SSSR count). The lowest BCUT2D eigenvalue weighted by molar-refractivity contribution is 0.102. The van der Waals surface area contributed by atoms with Gasteiger partial charge in [0.15, 0.2) is 0 Å². The lowest BCUT2D eigenvalue weighted by Crippen LogP contribution is -2.13. The number of benzene rings is 2. The monoisotopic (exact) mass is 341 g/mol. The van der Waals surface area contributed by atoms with Gasteiger partial charge in [0, 0.05) is 16.3 Å². The van der Waals surface area contributed by atoms with Crippen LogP contribution in [-0.4, -0.2) is 21.2 Å². The third-order valence-electron chi connectivity index (χ3n) is 3.69. The zero-order chi connectivity index (χ0) is 17.3. The van der Waals surface area contributed by atoms with Crippen LogP contribution >= 0.6 is 11.6 Å². The number of hydrogen-bond donors (Lipinski definition) is 3. The minimum atomic E-state index is -0.303. The van der Waals surface area contributed by atoms with Gasteiger partial charge < -0.3 is 10.4 Å². The highest BCUT2D eigenvalue weighted by molar-refractivity contribution is 6.31. The summed E-state index contributed by atoms with van der Waals surface area (Å²) in [6.07, 6.45) is 0. The summed E-state index contributed by atoms with van der Waals surface area (Å²) in [5.74, 6) is -0.255. The Labute approximate surface area is 144 Å². The van der Waals surface area contributed by atoms with Crippen molar-refractivity contribution in [2.75, 3.05) is 5.32 Å². The maximum absolute atomic E-state index is 12.4. The molecule has 0 bridgehead atoms. The van der Waals surface area contributed by atoms with E-state index < -0.39 is 0 Å². The number of rotatable bonds is 3. The SMILES string of the molecule is Cc1ccc(NC(=O)c2cc(-c3cc(Cl)ccc3O)n[nH]2)c(C)c1. The molecule has 0 aliphatic heterocycles. The average Bonchev–Trinajstić information content (AvgIpc) is 3.02. The Balaban J connectivity index is 1.85.